The minimum absolute atomic E-state index is 0.145. The van der Waals surface area contributed by atoms with Gasteiger partial charge >= 0.3 is 0 Å². The van der Waals surface area contributed by atoms with Gasteiger partial charge in [-0.25, -0.2) is 0 Å². The molecular formula is C18H26N2O4. The van der Waals surface area contributed by atoms with Crippen molar-refractivity contribution < 1.29 is 19.2 Å². The lowest BCUT2D eigenvalue weighted by molar-refractivity contribution is -0.125. The first-order valence-electron chi connectivity index (χ1n) is 7.96. The molecule has 24 heavy (non-hydrogen) atoms. The highest BCUT2D eigenvalue weighted by atomic mass is 16.2. The van der Waals surface area contributed by atoms with Gasteiger partial charge in [-0.1, -0.05) is 31.5 Å². The molecule has 0 aromatic heterocycles. The third-order valence-corrected chi connectivity index (χ3v) is 3.56. The number of rotatable bonds is 7. The highest BCUT2D eigenvalue weighted by molar-refractivity contribution is 6.01. The molecule has 0 saturated carbocycles. The van der Waals surface area contributed by atoms with Crippen LogP contribution in [-0.4, -0.2) is 42.5 Å². The number of hydrogen-bond donors (Lipinski definition) is 1. The van der Waals surface area contributed by atoms with Gasteiger partial charge in [0, 0.05) is 25.1 Å². The second-order valence-corrected chi connectivity index (χ2v) is 5.20. The Morgan fingerprint density at radius 1 is 1.25 bits per heavy atom. The lowest BCUT2D eigenvalue weighted by Gasteiger charge is -2.25. The van der Waals surface area contributed by atoms with Crippen molar-refractivity contribution in [3.63, 3.8) is 0 Å². The summed E-state index contributed by atoms with van der Waals surface area (Å²) in [6.07, 6.45) is 1.56. The Labute approximate surface area is 143 Å². The standard InChI is InChI=1S/C16H20N2O4.C2H6/c1-11-4-6-13(9-19)14(8-11)16(22)18(3)12(2)5-7-15(21)17-10-20;1-2/h4,6,8-10,12H,5,7H2,1-3H3,(H,17,20,21);1-2H3. The lowest BCUT2D eigenvalue weighted by Crippen LogP contribution is -2.36. The second kappa shape index (κ2) is 11.1. The first-order chi connectivity index (χ1) is 11.4. The summed E-state index contributed by atoms with van der Waals surface area (Å²) in [6.45, 7) is 7.65. The van der Waals surface area contributed by atoms with Crippen LogP contribution in [0.15, 0.2) is 18.2 Å². The van der Waals surface area contributed by atoms with E-state index in [4.69, 9.17) is 0 Å². The smallest absolute Gasteiger partial charge is 0.254 e. The molecule has 6 nitrogen and oxygen atoms in total. The molecule has 132 valence electrons. The van der Waals surface area contributed by atoms with Gasteiger partial charge in [0.05, 0.1) is 5.56 Å². The van der Waals surface area contributed by atoms with E-state index in [1.54, 1.807) is 25.2 Å². The van der Waals surface area contributed by atoms with E-state index in [-0.39, 0.29) is 24.3 Å². The van der Waals surface area contributed by atoms with Crippen LogP contribution in [0.25, 0.3) is 0 Å². The van der Waals surface area contributed by atoms with Crippen molar-refractivity contribution in [2.75, 3.05) is 7.05 Å². The molecule has 1 aromatic carbocycles. The quantitative estimate of drug-likeness (QED) is 0.776. The Balaban J connectivity index is 0.00000254. The van der Waals surface area contributed by atoms with Crippen molar-refractivity contribution in [1.29, 1.82) is 0 Å². The van der Waals surface area contributed by atoms with E-state index in [0.717, 1.165) is 5.56 Å². The fourth-order valence-corrected chi connectivity index (χ4v) is 2.02. The summed E-state index contributed by atoms with van der Waals surface area (Å²) in [7, 11) is 1.63. The van der Waals surface area contributed by atoms with E-state index in [2.05, 4.69) is 5.32 Å². The molecule has 0 bridgehead atoms. The third kappa shape index (κ3) is 6.32. The molecule has 0 fully saturated rings. The monoisotopic (exact) mass is 334 g/mol. The fraction of sp³-hybridized carbons (Fsp3) is 0.444. The van der Waals surface area contributed by atoms with Gasteiger partial charge in [-0.2, -0.15) is 0 Å². The van der Waals surface area contributed by atoms with Gasteiger partial charge in [-0.3, -0.25) is 24.5 Å². The summed E-state index contributed by atoms with van der Waals surface area (Å²) in [5, 5.41) is 2.06. The Kier molecular flexibility index (Phi) is 9.94. The molecule has 1 N–H and O–H groups in total. The highest BCUT2D eigenvalue weighted by Crippen LogP contribution is 2.15. The predicted octanol–water partition coefficient (Wildman–Crippen LogP) is 2.35. The first kappa shape index (κ1) is 21.5. The lowest BCUT2D eigenvalue weighted by atomic mass is 10.0. The molecule has 0 aliphatic carbocycles. The number of aldehydes is 1. The van der Waals surface area contributed by atoms with Crippen LogP contribution in [0.5, 0.6) is 0 Å². The number of hydrogen-bond acceptors (Lipinski definition) is 4. The molecule has 0 radical (unpaired) electrons. The van der Waals surface area contributed by atoms with Crippen molar-refractivity contribution in [2.45, 2.75) is 46.6 Å². The van der Waals surface area contributed by atoms with E-state index < -0.39 is 0 Å². The molecule has 1 atom stereocenters. The molecule has 0 aliphatic heterocycles. The number of imide groups is 1. The number of carbonyl (C=O) groups is 4. The van der Waals surface area contributed by atoms with E-state index in [0.29, 0.717) is 30.2 Å². The topological polar surface area (TPSA) is 83.6 Å². The summed E-state index contributed by atoms with van der Waals surface area (Å²) in [4.78, 5) is 46.5. The average molecular weight is 334 g/mol. The summed E-state index contributed by atoms with van der Waals surface area (Å²) in [6, 6.07) is 4.86. The molecule has 6 heteroatoms. The molecule has 1 rings (SSSR count). The molecule has 3 amide bonds. The summed E-state index contributed by atoms with van der Waals surface area (Å²) >= 11 is 0. The fourth-order valence-electron chi connectivity index (χ4n) is 2.02. The van der Waals surface area contributed by atoms with E-state index in [9.17, 15) is 19.2 Å². The van der Waals surface area contributed by atoms with Crippen molar-refractivity contribution in [3.8, 4) is 0 Å². The zero-order valence-corrected chi connectivity index (χ0v) is 15.0. The molecule has 0 aliphatic rings. The van der Waals surface area contributed by atoms with Gasteiger partial charge in [0.1, 0.15) is 0 Å². The van der Waals surface area contributed by atoms with Gasteiger partial charge in [0.25, 0.3) is 5.91 Å². The van der Waals surface area contributed by atoms with Crippen LogP contribution in [0.3, 0.4) is 0 Å². The molecule has 0 saturated heterocycles. The van der Waals surface area contributed by atoms with E-state index in [1.807, 2.05) is 27.7 Å². The summed E-state index contributed by atoms with van der Waals surface area (Å²) < 4.78 is 0. The van der Waals surface area contributed by atoms with Crippen molar-refractivity contribution in [1.82, 2.24) is 10.2 Å². The second-order valence-electron chi connectivity index (χ2n) is 5.20. The summed E-state index contributed by atoms with van der Waals surface area (Å²) in [5.74, 6) is -0.652. The molecule has 1 unspecified atom stereocenters. The molecule has 0 heterocycles. The minimum Gasteiger partial charge on any atom is -0.339 e. The molecular weight excluding hydrogens is 308 g/mol. The van der Waals surface area contributed by atoms with Gasteiger partial charge in [0.2, 0.25) is 12.3 Å². The van der Waals surface area contributed by atoms with Crippen molar-refractivity contribution in [2.24, 2.45) is 0 Å². The van der Waals surface area contributed by atoms with Crippen LogP contribution in [-0.2, 0) is 9.59 Å². The maximum atomic E-state index is 12.5. The number of nitrogens with one attached hydrogen (secondary N) is 1. The minimum atomic E-state index is -0.383. The zero-order chi connectivity index (χ0) is 18.7. The van der Waals surface area contributed by atoms with Gasteiger partial charge < -0.3 is 4.90 Å². The molecule has 0 spiro atoms. The average Bonchev–Trinajstić information content (AvgIpc) is 2.60. The maximum Gasteiger partial charge on any atom is 0.254 e. The van der Waals surface area contributed by atoms with Gasteiger partial charge in [-0.05, 0) is 26.3 Å². The molecule has 1 aromatic rings. The van der Waals surface area contributed by atoms with Crippen LogP contribution in [0, 0.1) is 6.92 Å². The Morgan fingerprint density at radius 2 is 1.88 bits per heavy atom. The van der Waals surface area contributed by atoms with Crippen molar-refractivity contribution in [3.05, 3.63) is 34.9 Å². The van der Waals surface area contributed by atoms with Crippen LogP contribution >= 0.6 is 0 Å². The Morgan fingerprint density at radius 3 is 2.42 bits per heavy atom. The number of nitrogens with zero attached hydrogens (tertiary/aromatic N) is 1. The van der Waals surface area contributed by atoms with E-state index >= 15 is 0 Å². The third-order valence-electron chi connectivity index (χ3n) is 3.56. The van der Waals surface area contributed by atoms with Crippen LogP contribution in [0.2, 0.25) is 0 Å². The highest BCUT2D eigenvalue weighted by Gasteiger charge is 2.20. The predicted molar refractivity (Wildman–Crippen MR) is 92.9 cm³/mol. The SMILES string of the molecule is CC.Cc1ccc(C=O)c(C(=O)N(C)C(C)CCC(=O)NC=O)c1. The number of carbonyl (C=O) groups excluding carboxylic acids is 4. The van der Waals surface area contributed by atoms with E-state index in [1.165, 1.54) is 4.90 Å². The van der Waals surface area contributed by atoms with Gasteiger partial charge in [0.15, 0.2) is 6.29 Å². The summed E-state index contributed by atoms with van der Waals surface area (Å²) in [5.41, 5.74) is 1.58. The maximum absolute atomic E-state index is 12.5. The van der Waals surface area contributed by atoms with Crippen LogP contribution in [0.4, 0.5) is 0 Å². The largest absolute Gasteiger partial charge is 0.339 e. The number of amides is 3. The normalized spacial score (nSPS) is 10.7. The van der Waals surface area contributed by atoms with Gasteiger partial charge in [-0.15, -0.1) is 0 Å². The Hall–Kier alpha value is -2.50. The Bertz CT molecular complexity index is 584. The first-order valence-corrected chi connectivity index (χ1v) is 7.96. The number of aryl methyl sites for hydroxylation is 1. The zero-order valence-electron chi connectivity index (χ0n) is 15.0. The number of benzene rings is 1. The van der Waals surface area contributed by atoms with Crippen LogP contribution in [0.1, 0.15) is 59.9 Å². The van der Waals surface area contributed by atoms with Crippen LogP contribution < -0.4 is 5.32 Å². The van der Waals surface area contributed by atoms with Crippen molar-refractivity contribution >= 4 is 24.5 Å².